The van der Waals surface area contributed by atoms with Crippen LogP contribution >= 0.6 is 11.6 Å². The summed E-state index contributed by atoms with van der Waals surface area (Å²) in [5.41, 5.74) is 0. The minimum atomic E-state index is 0.555. The Bertz CT molecular complexity index is 377. The smallest absolute Gasteiger partial charge is 0.134 e. The van der Waals surface area contributed by atoms with Gasteiger partial charge in [-0.05, 0) is 25.2 Å². The van der Waals surface area contributed by atoms with E-state index in [1.807, 2.05) is 6.07 Å². The largest absolute Gasteiger partial charge is 0.359 e. The van der Waals surface area contributed by atoms with Gasteiger partial charge in [0.05, 0.1) is 0 Å². The first-order chi connectivity index (χ1) is 8.19. The van der Waals surface area contributed by atoms with E-state index in [0.717, 1.165) is 36.9 Å². The third-order valence-electron chi connectivity index (χ3n) is 3.35. The molecule has 4 heteroatoms. The van der Waals surface area contributed by atoms with Crippen LogP contribution in [-0.2, 0) is 6.42 Å². The average molecular weight is 254 g/mol. The Hall–Kier alpha value is -0.830. The molecule has 0 N–H and O–H groups in total. The first-order valence-corrected chi connectivity index (χ1v) is 6.81. The van der Waals surface area contributed by atoms with Crippen molar-refractivity contribution in [2.45, 2.75) is 39.0 Å². The molecule has 0 saturated heterocycles. The summed E-state index contributed by atoms with van der Waals surface area (Å²) in [6.07, 6.45) is 6.02. The molecule has 1 fully saturated rings. The van der Waals surface area contributed by atoms with Crippen LogP contribution in [0.2, 0.25) is 5.15 Å². The summed E-state index contributed by atoms with van der Waals surface area (Å²) in [5.74, 6) is 2.65. The molecule has 0 aliphatic heterocycles. The first-order valence-electron chi connectivity index (χ1n) is 6.43. The normalized spacial score (nSPS) is 15.7. The van der Waals surface area contributed by atoms with Crippen molar-refractivity contribution in [3.8, 4) is 0 Å². The van der Waals surface area contributed by atoms with E-state index in [2.05, 4.69) is 28.8 Å². The monoisotopic (exact) mass is 253 g/mol. The van der Waals surface area contributed by atoms with Crippen LogP contribution in [0.3, 0.4) is 0 Å². The molecule has 1 aromatic heterocycles. The third kappa shape index (κ3) is 3.32. The van der Waals surface area contributed by atoms with Crippen molar-refractivity contribution in [3.05, 3.63) is 17.0 Å². The van der Waals surface area contributed by atoms with Gasteiger partial charge in [-0.1, -0.05) is 24.9 Å². The molecule has 2 rings (SSSR count). The van der Waals surface area contributed by atoms with Crippen molar-refractivity contribution in [2.75, 3.05) is 18.5 Å². The molecule has 17 heavy (non-hydrogen) atoms. The lowest BCUT2D eigenvalue weighted by Gasteiger charge is -2.30. The minimum Gasteiger partial charge on any atom is -0.359 e. The van der Waals surface area contributed by atoms with Gasteiger partial charge >= 0.3 is 0 Å². The van der Waals surface area contributed by atoms with Gasteiger partial charge in [0.2, 0.25) is 0 Å². The molecule has 1 aliphatic carbocycles. The van der Waals surface area contributed by atoms with Crippen LogP contribution in [0.5, 0.6) is 0 Å². The Labute approximate surface area is 108 Å². The molecule has 0 radical (unpaired) electrons. The summed E-state index contributed by atoms with van der Waals surface area (Å²) in [4.78, 5) is 11.0. The molecule has 0 spiro atoms. The first kappa shape index (κ1) is 12.6. The van der Waals surface area contributed by atoms with Gasteiger partial charge in [-0.3, -0.25) is 0 Å². The van der Waals surface area contributed by atoms with Gasteiger partial charge in [0.15, 0.2) is 0 Å². The molecule has 1 heterocycles. The van der Waals surface area contributed by atoms with E-state index in [9.17, 15) is 0 Å². The average Bonchev–Trinajstić information content (AvgIpc) is 2.23. The van der Waals surface area contributed by atoms with Crippen LogP contribution in [0.15, 0.2) is 6.07 Å². The fraction of sp³-hybridized carbons (Fsp3) is 0.692. The zero-order chi connectivity index (χ0) is 12.3. The molecule has 1 saturated carbocycles. The van der Waals surface area contributed by atoms with Crippen molar-refractivity contribution in [3.63, 3.8) is 0 Å². The highest BCUT2D eigenvalue weighted by Crippen LogP contribution is 2.28. The highest BCUT2D eigenvalue weighted by molar-refractivity contribution is 6.29. The summed E-state index contributed by atoms with van der Waals surface area (Å²) in [5, 5.41) is 0.555. The van der Waals surface area contributed by atoms with Gasteiger partial charge in [0.25, 0.3) is 0 Å². The predicted octanol–water partition coefficient (Wildman–Crippen LogP) is 3.32. The number of nitrogens with zero attached hydrogens (tertiary/aromatic N) is 3. The van der Waals surface area contributed by atoms with Crippen LogP contribution in [0.4, 0.5) is 5.82 Å². The van der Waals surface area contributed by atoms with Gasteiger partial charge in [-0.2, -0.15) is 0 Å². The second-order valence-corrected chi connectivity index (χ2v) is 5.28. The van der Waals surface area contributed by atoms with Gasteiger partial charge in [0, 0.05) is 26.1 Å². The molecule has 1 aromatic rings. The Balaban J connectivity index is 2.06. The topological polar surface area (TPSA) is 29.0 Å². The van der Waals surface area contributed by atoms with Crippen LogP contribution < -0.4 is 4.90 Å². The number of aromatic nitrogens is 2. The van der Waals surface area contributed by atoms with Crippen LogP contribution in [-0.4, -0.2) is 23.6 Å². The fourth-order valence-electron chi connectivity index (χ4n) is 2.14. The number of hydrogen-bond acceptors (Lipinski definition) is 3. The van der Waals surface area contributed by atoms with Crippen LogP contribution in [0.1, 0.15) is 38.4 Å². The molecule has 94 valence electrons. The molecular weight excluding hydrogens is 234 g/mol. The van der Waals surface area contributed by atoms with Crippen molar-refractivity contribution >= 4 is 17.4 Å². The van der Waals surface area contributed by atoms with E-state index in [1.165, 1.54) is 19.3 Å². The van der Waals surface area contributed by atoms with Crippen LogP contribution in [0.25, 0.3) is 0 Å². The lowest BCUT2D eigenvalue weighted by Crippen LogP contribution is -2.30. The number of rotatable bonds is 5. The quantitative estimate of drug-likeness (QED) is 0.754. The summed E-state index contributed by atoms with van der Waals surface area (Å²) < 4.78 is 0. The Morgan fingerprint density at radius 1 is 1.41 bits per heavy atom. The highest BCUT2D eigenvalue weighted by atomic mass is 35.5. The fourth-order valence-corrected chi connectivity index (χ4v) is 2.33. The predicted molar refractivity (Wildman–Crippen MR) is 71.6 cm³/mol. The molecule has 0 unspecified atom stereocenters. The summed E-state index contributed by atoms with van der Waals surface area (Å²) >= 11 is 6.04. The SMILES string of the molecule is CCCc1nc(Cl)cc(N(C)CC2CCC2)n1. The van der Waals surface area contributed by atoms with E-state index in [4.69, 9.17) is 11.6 Å². The zero-order valence-electron chi connectivity index (χ0n) is 10.6. The molecule has 0 atom stereocenters. The maximum absolute atomic E-state index is 6.04. The number of hydrogen-bond donors (Lipinski definition) is 0. The van der Waals surface area contributed by atoms with E-state index < -0.39 is 0 Å². The van der Waals surface area contributed by atoms with Crippen molar-refractivity contribution in [1.82, 2.24) is 9.97 Å². The molecule has 0 amide bonds. The van der Waals surface area contributed by atoms with Crippen molar-refractivity contribution < 1.29 is 0 Å². The summed E-state index contributed by atoms with van der Waals surface area (Å²) in [6.45, 7) is 3.21. The lowest BCUT2D eigenvalue weighted by atomic mass is 9.85. The Kier molecular flexibility index (Phi) is 4.21. The molecule has 1 aliphatic rings. The lowest BCUT2D eigenvalue weighted by molar-refractivity contribution is 0.321. The van der Waals surface area contributed by atoms with Crippen LogP contribution in [0, 0.1) is 5.92 Å². The molecule has 0 bridgehead atoms. The van der Waals surface area contributed by atoms with Gasteiger partial charge in [-0.15, -0.1) is 0 Å². The summed E-state index contributed by atoms with van der Waals surface area (Å²) in [6, 6.07) is 1.86. The number of aryl methyl sites for hydroxylation is 1. The highest BCUT2D eigenvalue weighted by Gasteiger charge is 2.20. The van der Waals surface area contributed by atoms with Crippen molar-refractivity contribution in [2.24, 2.45) is 5.92 Å². The maximum Gasteiger partial charge on any atom is 0.134 e. The second kappa shape index (κ2) is 5.67. The van der Waals surface area contributed by atoms with Crippen molar-refractivity contribution in [1.29, 1.82) is 0 Å². The third-order valence-corrected chi connectivity index (χ3v) is 3.54. The van der Waals surface area contributed by atoms with E-state index in [0.29, 0.717) is 5.15 Å². The van der Waals surface area contributed by atoms with Gasteiger partial charge in [-0.25, -0.2) is 9.97 Å². The maximum atomic E-state index is 6.04. The Morgan fingerprint density at radius 2 is 2.18 bits per heavy atom. The molecule has 0 aromatic carbocycles. The summed E-state index contributed by atoms with van der Waals surface area (Å²) in [7, 11) is 2.09. The zero-order valence-corrected chi connectivity index (χ0v) is 11.4. The van der Waals surface area contributed by atoms with Gasteiger partial charge < -0.3 is 4.90 Å². The standard InChI is InChI=1S/C13H20ClN3/c1-3-5-12-15-11(14)8-13(16-12)17(2)9-10-6-4-7-10/h8,10H,3-7,9H2,1-2H3. The van der Waals surface area contributed by atoms with E-state index >= 15 is 0 Å². The molecular formula is C13H20ClN3. The van der Waals surface area contributed by atoms with E-state index in [-0.39, 0.29) is 0 Å². The van der Waals surface area contributed by atoms with E-state index in [1.54, 1.807) is 0 Å². The Morgan fingerprint density at radius 3 is 2.76 bits per heavy atom. The minimum absolute atomic E-state index is 0.555. The van der Waals surface area contributed by atoms with Gasteiger partial charge in [0.1, 0.15) is 16.8 Å². The number of halogens is 1. The number of anilines is 1. The second-order valence-electron chi connectivity index (χ2n) is 4.89. The molecule has 3 nitrogen and oxygen atoms in total.